The third-order valence-corrected chi connectivity index (χ3v) is 10.7. The molecule has 3 aliphatic rings. The second kappa shape index (κ2) is 16.0. The monoisotopic (exact) mass is 661 g/mol. The first-order valence-electron chi connectivity index (χ1n) is 18.6. The number of hydrogen-bond acceptors (Lipinski definition) is 5. The number of amides is 2. The predicted molar refractivity (Wildman–Crippen MR) is 195 cm³/mol. The predicted octanol–water partition coefficient (Wildman–Crippen LogP) is 6.23. The lowest BCUT2D eigenvalue weighted by Crippen LogP contribution is -2.32. The molecule has 7 rings (SSSR count). The van der Waals surface area contributed by atoms with E-state index in [1.165, 1.54) is 25.7 Å². The summed E-state index contributed by atoms with van der Waals surface area (Å²) in [5, 5.41) is 11.6. The molecule has 3 aliphatic heterocycles. The Morgan fingerprint density at radius 1 is 0.837 bits per heavy atom. The van der Waals surface area contributed by atoms with Crippen LogP contribution in [0.4, 0.5) is 0 Å². The summed E-state index contributed by atoms with van der Waals surface area (Å²) >= 11 is 0. The summed E-state index contributed by atoms with van der Waals surface area (Å²) in [5.41, 5.74) is 5.12. The lowest BCUT2D eigenvalue weighted by molar-refractivity contribution is -0.127. The molecule has 0 bridgehead atoms. The summed E-state index contributed by atoms with van der Waals surface area (Å²) in [7, 11) is 0. The molecule has 3 saturated heterocycles. The Kier molecular flexibility index (Phi) is 10.9. The Morgan fingerprint density at radius 2 is 1.55 bits per heavy atom. The molecular weight excluding hydrogens is 610 g/mol. The van der Waals surface area contributed by atoms with Gasteiger partial charge in [-0.05, 0) is 93.8 Å². The molecule has 0 radical (unpaired) electrons. The maximum atomic E-state index is 14.5. The van der Waals surface area contributed by atoms with Gasteiger partial charge in [-0.1, -0.05) is 60.7 Å². The number of benzene rings is 3. The Balaban J connectivity index is 1.22. The van der Waals surface area contributed by atoms with Gasteiger partial charge in [-0.3, -0.25) is 9.59 Å². The van der Waals surface area contributed by atoms with Crippen molar-refractivity contribution in [3.05, 3.63) is 101 Å². The Labute approximate surface area is 290 Å². The number of aryl methyl sites for hydroxylation is 1. The molecule has 3 aromatic carbocycles. The first kappa shape index (κ1) is 33.4. The van der Waals surface area contributed by atoms with Gasteiger partial charge in [0.05, 0.1) is 6.61 Å². The minimum absolute atomic E-state index is 0.0558. The van der Waals surface area contributed by atoms with E-state index >= 15 is 0 Å². The molecule has 4 aromatic rings. The van der Waals surface area contributed by atoms with Crippen LogP contribution in [0.2, 0.25) is 0 Å². The lowest BCUT2D eigenvalue weighted by atomic mass is 9.83. The maximum Gasteiger partial charge on any atom is 0.268 e. The second-order valence-corrected chi connectivity index (χ2v) is 13.9. The van der Waals surface area contributed by atoms with E-state index in [1.54, 1.807) is 0 Å². The van der Waals surface area contributed by atoms with E-state index in [0.717, 1.165) is 90.9 Å². The van der Waals surface area contributed by atoms with Crippen molar-refractivity contribution in [2.45, 2.75) is 82.3 Å². The minimum atomic E-state index is -0.156. The molecule has 2 amide bonds. The van der Waals surface area contributed by atoms with Crippen molar-refractivity contribution in [1.29, 1.82) is 0 Å². The summed E-state index contributed by atoms with van der Waals surface area (Å²) in [6.07, 6.45) is 9.11. The number of para-hydroxylation sites is 1. The Hall–Kier alpha value is -4.14. The van der Waals surface area contributed by atoms with Crippen LogP contribution in [0.25, 0.3) is 10.9 Å². The summed E-state index contributed by atoms with van der Waals surface area (Å²) in [6.45, 7) is 5.63. The van der Waals surface area contributed by atoms with Gasteiger partial charge in [0.15, 0.2) is 0 Å². The van der Waals surface area contributed by atoms with Crippen molar-refractivity contribution in [3.63, 3.8) is 0 Å². The van der Waals surface area contributed by atoms with Crippen LogP contribution in [0.5, 0.6) is 5.75 Å². The smallest absolute Gasteiger partial charge is 0.268 e. The van der Waals surface area contributed by atoms with Gasteiger partial charge in [0.1, 0.15) is 11.4 Å². The third kappa shape index (κ3) is 7.86. The zero-order valence-electron chi connectivity index (χ0n) is 28.7. The lowest BCUT2D eigenvalue weighted by Gasteiger charge is -2.22. The van der Waals surface area contributed by atoms with E-state index in [9.17, 15) is 9.59 Å². The number of nitrogens with one attached hydrogen (secondary N) is 3. The number of carbonyl (C=O) groups excluding carboxylic acids is 2. The van der Waals surface area contributed by atoms with Gasteiger partial charge in [-0.15, -0.1) is 0 Å². The summed E-state index contributed by atoms with van der Waals surface area (Å²) < 4.78 is 8.46. The van der Waals surface area contributed by atoms with Crippen molar-refractivity contribution < 1.29 is 14.3 Å². The van der Waals surface area contributed by atoms with E-state index in [0.29, 0.717) is 38.2 Å². The highest BCUT2D eigenvalue weighted by Gasteiger charge is 2.31. The highest BCUT2D eigenvalue weighted by atomic mass is 16.5. The zero-order chi connectivity index (χ0) is 33.4. The number of rotatable bonds is 15. The Morgan fingerprint density at radius 3 is 2.27 bits per heavy atom. The number of aromatic nitrogens is 1. The molecular formula is C41H51N5O3. The third-order valence-electron chi connectivity index (χ3n) is 10.7. The van der Waals surface area contributed by atoms with Crippen LogP contribution < -0.4 is 20.7 Å². The van der Waals surface area contributed by atoms with Crippen molar-refractivity contribution >= 4 is 22.7 Å². The van der Waals surface area contributed by atoms with Crippen LogP contribution in [0, 0.1) is 0 Å². The van der Waals surface area contributed by atoms with Crippen molar-refractivity contribution in [2.75, 3.05) is 39.3 Å². The highest BCUT2D eigenvalue weighted by Crippen LogP contribution is 2.41. The van der Waals surface area contributed by atoms with Gasteiger partial charge in [0.25, 0.3) is 5.91 Å². The largest absolute Gasteiger partial charge is 0.494 e. The standard InChI is InChI=1S/C41H51N5O3/c47-37-16-8-26-45(37)27-9-25-44-41(48)40-39(35-14-4-5-15-36(35)46(40)28-21-32-12-6-23-42-32)38(30-10-2-1-3-11-30)31-17-19-34(20-18-31)49-29-22-33-13-7-24-43-33/h1-5,10-11,14-15,17-20,32-33,38,42-43H,6-9,12-13,16,21-29H2,(H,44,48). The second-order valence-electron chi connectivity index (χ2n) is 13.9. The Bertz CT molecular complexity index is 1690. The fourth-order valence-corrected chi connectivity index (χ4v) is 8.13. The first-order chi connectivity index (χ1) is 24.2. The average Bonchev–Trinajstić information content (AvgIpc) is 3.96. The maximum absolute atomic E-state index is 14.5. The van der Waals surface area contributed by atoms with Crippen LogP contribution in [0.15, 0.2) is 78.9 Å². The number of carbonyl (C=O) groups is 2. The number of nitrogens with zero attached hydrogens (tertiary/aromatic N) is 2. The van der Waals surface area contributed by atoms with Crippen LogP contribution in [-0.2, 0) is 11.3 Å². The van der Waals surface area contributed by atoms with Gasteiger partial charge >= 0.3 is 0 Å². The molecule has 258 valence electrons. The topological polar surface area (TPSA) is 87.6 Å². The highest BCUT2D eigenvalue weighted by molar-refractivity contribution is 6.03. The van der Waals surface area contributed by atoms with Crippen LogP contribution >= 0.6 is 0 Å². The number of fused-ring (bicyclic) bond motifs is 1. The van der Waals surface area contributed by atoms with Gasteiger partial charge in [0, 0.05) is 67.1 Å². The quantitative estimate of drug-likeness (QED) is 0.132. The van der Waals surface area contributed by atoms with E-state index in [1.807, 2.05) is 11.0 Å². The first-order valence-corrected chi connectivity index (χ1v) is 18.6. The van der Waals surface area contributed by atoms with Crippen molar-refractivity contribution in [2.24, 2.45) is 0 Å². The summed E-state index contributed by atoms with van der Waals surface area (Å²) in [4.78, 5) is 28.6. The van der Waals surface area contributed by atoms with Gasteiger partial charge in [-0.2, -0.15) is 0 Å². The zero-order valence-corrected chi connectivity index (χ0v) is 28.7. The molecule has 3 fully saturated rings. The minimum Gasteiger partial charge on any atom is -0.494 e. The van der Waals surface area contributed by atoms with E-state index in [2.05, 4.69) is 93.3 Å². The molecule has 8 heteroatoms. The van der Waals surface area contributed by atoms with Crippen LogP contribution in [0.1, 0.15) is 90.9 Å². The molecule has 4 heterocycles. The summed E-state index contributed by atoms with van der Waals surface area (Å²) in [5.74, 6) is 0.883. The molecule has 0 aliphatic carbocycles. The molecule has 1 aromatic heterocycles. The number of likely N-dealkylation sites (tertiary alicyclic amines) is 1. The molecule has 3 atom stereocenters. The fourth-order valence-electron chi connectivity index (χ4n) is 8.13. The fraction of sp³-hybridized carbons (Fsp3) is 0.463. The van der Waals surface area contributed by atoms with Crippen molar-refractivity contribution in [3.8, 4) is 5.75 Å². The molecule has 3 N–H and O–H groups in total. The number of ether oxygens (including phenoxy) is 1. The van der Waals surface area contributed by atoms with Gasteiger partial charge in [0.2, 0.25) is 5.91 Å². The van der Waals surface area contributed by atoms with Crippen molar-refractivity contribution in [1.82, 2.24) is 25.4 Å². The molecule has 3 unspecified atom stereocenters. The van der Waals surface area contributed by atoms with Crippen LogP contribution in [0.3, 0.4) is 0 Å². The average molecular weight is 662 g/mol. The molecule has 8 nitrogen and oxygen atoms in total. The SMILES string of the molecule is O=C(NCCCN1CCCC1=O)c1c(C(c2ccccc2)c2ccc(OCCC3CCCN3)cc2)c2ccccc2n1CCC1CCCN1. The normalized spacial score (nSPS) is 19.9. The van der Waals surface area contributed by atoms with Gasteiger partial charge in [-0.25, -0.2) is 0 Å². The van der Waals surface area contributed by atoms with Gasteiger partial charge < -0.3 is 30.2 Å². The molecule has 49 heavy (non-hydrogen) atoms. The van der Waals surface area contributed by atoms with E-state index < -0.39 is 0 Å². The summed E-state index contributed by atoms with van der Waals surface area (Å²) in [6, 6.07) is 28.6. The number of hydrogen-bond donors (Lipinski definition) is 3. The molecule has 0 saturated carbocycles. The van der Waals surface area contributed by atoms with E-state index in [4.69, 9.17) is 4.74 Å². The van der Waals surface area contributed by atoms with Crippen LogP contribution in [-0.4, -0.2) is 72.7 Å². The molecule has 0 spiro atoms. The van der Waals surface area contributed by atoms with E-state index in [-0.39, 0.29) is 17.7 Å².